The molecule has 2 amide bonds. The van der Waals surface area contributed by atoms with E-state index in [9.17, 15) is 14.4 Å². The number of carbonyl (C=O) groups is 3. The maximum absolute atomic E-state index is 12.9. The summed E-state index contributed by atoms with van der Waals surface area (Å²) in [6, 6.07) is 7.50. The number of nitrogens with zero attached hydrogens (tertiary/aromatic N) is 3. The number of aromatic carboxylic acids is 1. The van der Waals surface area contributed by atoms with Crippen molar-refractivity contribution >= 4 is 41.1 Å². The fraction of sp³-hybridized carbons (Fsp3) is 0.480. The Bertz CT molecular complexity index is 1130. The number of benzene rings is 1. The van der Waals surface area contributed by atoms with E-state index in [-0.39, 0.29) is 31.3 Å². The zero-order valence-corrected chi connectivity index (χ0v) is 23.1. The number of hydrogen-bond donors (Lipinski definition) is 3. The van der Waals surface area contributed by atoms with Gasteiger partial charge in [0.25, 0.3) is 0 Å². The number of guanidine groups is 1. The predicted molar refractivity (Wildman–Crippen MR) is 142 cm³/mol. The van der Waals surface area contributed by atoms with Crippen molar-refractivity contribution in [1.82, 2.24) is 15.2 Å². The Hall–Kier alpha value is -3.67. The number of alkyl carbamates (subject to hydrolysis) is 1. The molecule has 1 aromatic carbocycles. The lowest BCUT2D eigenvalue weighted by Crippen LogP contribution is -2.41. The molecule has 12 heteroatoms. The zero-order chi connectivity index (χ0) is 27.8. The largest absolute Gasteiger partial charge is 0.476 e. The molecule has 0 radical (unpaired) electrons. The zero-order valence-electron chi connectivity index (χ0n) is 22.2. The molecule has 0 fully saturated rings. The molecule has 1 heterocycles. The van der Waals surface area contributed by atoms with Crippen LogP contribution in [0.25, 0.3) is 0 Å². The van der Waals surface area contributed by atoms with Gasteiger partial charge in [0.15, 0.2) is 5.69 Å². The number of anilines is 1. The summed E-state index contributed by atoms with van der Waals surface area (Å²) in [5.41, 5.74) is 0.158. The van der Waals surface area contributed by atoms with Crippen molar-refractivity contribution in [3.63, 3.8) is 0 Å². The fourth-order valence-corrected chi connectivity index (χ4v) is 3.62. The molecule has 37 heavy (non-hydrogen) atoms. The van der Waals surface area contributed by atoms with Crippen LogP contribution in [0.15, 0.2) is 34.6 Å². The van der Waals surface area contributed by atoms with Crippen LogP contribution in [-0.2, 0) is 16.0 Å². The summed E-state index contributed by atoms with van der Waals surface area (Å²) in [5, 5.41) is 16.7. The van der Waals surface area contributed by atoms with Crippen LogP contribution in [-0.4, -0.2) is 63.4 Å². The number of nitrogens with one attached hydrogen (secondary N) is 2. The van der Waals surface area contributed by atoms with Crippen LogP contribution in [0.4, 0.5) is 15.3 Å². The highest BCUT2D eigenvalue weighted by molar-refractivity contribution is 7.09. The van der Waals surface area contributed by atoms with Gasteiger partial charge in [-0.1, -0.05) is 18.2 Å². The van der Waals surface area contributed by atoms with Crippen LogP contribution >= 0.6 is 11.3 Å². The first-order chi connectivity index (χ1) is 17.1. The first-order valence-electron chi connectivity index (χ1n) is 11.7. The standard InChI is InChI=1S/C25H35N5O6S/c1-16-10-8-9-11-17(16)28-21(29-22(33)35-24(2,3)4)26-12-13-30(23(34)36-25(5,6)7)14-19-27-18(15-37-19)20(31)32/h8-11,15H,12-14H2,1-7H3,(H,31,32)(H2,26,28,29,33). The predicted octanol–water partition coefficient (Wildman–Crippen LogP) is 4.88. The lowest BCUT2D eigenvalue weighted by Gasteiger charge is -2.26. The van der Waals surface area contributed by atoms with E-state index in [4.69, 9.17) is 14.6 Å². The third kappa shape index (κ3) is 10.9. The molecular formula is C25H35N5O6S. The van der Waals surface area contributed by atoms with Crippen LogP contribution in [0.5, 0.6) is 0 Å². The highest BCUT2D eigenvalue weighted by atomic mass is 32.1. The molecule has 1 aromatic heterocycles. The van der Waals surface area contributed by atoms with Gasteiger partial charge in [-0.3, -0.25) is 15.2 Å². The molecule has 0 atom stereocenters. The van der Waals surface area contributed by atoms with E-state index in [1.807, 2.05) is 31.2 Å². The maximum Gasteiger partial charge on any atom is 0.414 e. The Labute approximate surface area is 220 Å². The topological polar surface area (TPSA) is 142 Å². The summed E-state index contributed by atoms with van der Waals surface area (Å²) in [7, 11) is 0. The molecule has 2 aromatic rings. The monoisotopic (exact) mass is 533 g/mol. The molecule has 0 saturated heterocycles. The number of rotatable bonds is 7. The molecule has 0 spiro atoms. The average molecular weight is 534 g/mol. The number of amides is 2. The number of aryl methyl sites for hydroxylation is 1. The van der Waals surface area contributed by atoms with Gasteiger partial charge in [-0.2, -0.15) is 0 Å². The van der Waals surface area contributed by atoms with Crippen molar-refractivity contribution in [3.8, 4) is 0 Å². The van der Waals surface area contributed by atoms with Crippen molar-refractivity contribution in [2.24, 2.45) is 4.99 Å². The number of aliphatic imine (C=N–C) groups is 1. The first kappa shape index (κ1) is 29.6. The van der Waals surface area contributed by atoms with E-state index in [0.29, 0.717) is 5.01 Å². The molecule has 0 unspecified atom stereocenters. The first-order valence-corrected chi connectivity index (χ1v) is 12.5. The van der Waals surface area contributed by atoms with Gasteiger partial charge in [-0.25, -0.2) is 19.4 Å². The molecule has 11 nitrogen and oxygen atoms in total. The third-order valence-electron chi connectivity index (χ3n) is 4.41. The summed E-state index contributed by atoms with van der Waals surface area (Å²) in [5.74, 6) is -0.994. The van der Waals surface area contributed by atoms with Gasteiger partial charge >= 0.3 is 18.2 Å². The van der Waals surface area contributed by atoms with E-state index in [1.54, 1.807) is 41.5 Å². The van der Waals surface area contributed by atoms with E-state index in [2.05, 4.69) is 20.6 Å². The van der Waals surface area contributed by atoms with Crippen molar-refractivity contribution in [3.05, 3.63) is 45.9 Å². The van der Waals surface area contributed by atoms with Gasteiger partial charge in [0, 0.05) is 17.6 Å². The van der Waals surface area contributed by atoms with Gasteiger partial charge in [0.1, 0.15) is 16.2 Å². The lowest BCUT2D eigenvalue weighted by molar-refractivity contribution is 0.0239. The van der Waals surface area contributed by atoms with Crippen LogP contribution < -0.4 is 10.6 Å². The smallest absolute Gasteiger partial charge is 0.414 e. The summed E-state index contributed by atoms with van der Waals surface area (Å²) < 4.78 is 10.9. The number of ether oxygens (including phenoxy) is 2. The summed E-state index contributed by atoms with van der Waals surface area (Å²) in [4.78, 5) is 46.4. The van der Waals surface area contributed by atoms with Crippen molar-refractivity contribution in [1.29, 1.82) is 0 Å². The second-order valence-electron chi connectivity index (χ2n) is 10.1. The quantitative estimate of drug-likeness (QED) is 0.338. The number of para-hydroxylation sites is 1. The number of thiazole rings is 1. The van der Waals surface area contributed by atoms with Crippen molar-refractivity contribution in [2.75, 3.05) is 18.4 Å². The number of carbonyl (C=O) groups excluding carboxylic acids is 2. The Morgan fingerprint density at radius 3 is 2.30 bits per heavy atom. The Balaban J connectivity index is 2.22. The Kier molecular flexibility index (Phi) is 10.0. The van der Waals surface area contributed by atoms with Crippen molar-refractivity contribution < 1.29 is 29.0 Å². The second-order valence-corrected chi connectivity index (χ2v) is 11.1. The van der Waals surface area contributed by atoms with Crippen LogP contribution in [0.3, 0.4) is 0 Å². The van der Waals surface area contributed by atoms with E-state index in [0.717, 1.165) is 22.6 Å². The SMILES string of the molecule is Cc1ccccc1NC(=NCCN(Cc1nc(C(=O)O)cs1)C(=O)OC(C)(C)C)NC(=O)OC(C)(C)C. The van der Waals surface area contributed by atoms with Crippen LogP contribution in [0.1, 0.15) is 62.6 Å². The molecule has 3 N–H and O–H groups in total. The molecule has 0 saturated carbocycles. The number of carboxylic acid groups (broad SMARTS) is 1. The van der Waals surface area contributed by atoms with Gasteiger partial charge in [-0.05, 0) is 60.1 Å². The average Bonchev–Trinajstić information content (AvgIpc) is 3.21. The van der Waals surface area contributed by atoms with Crippen LogP contribution in [0, 0.1) is 6.92 Å². The third-order valence-corrected chi connectivity index (χ3v) is 5.24. The molecule has 0 aliphatic carbocycles. The summed E-state index contributed by atoms with van der Waals surface area (Å²) in [6.07, 6.45) is -1.27. The highest BCUT2D eigenvalue weighted by Crippen LogP contribution is 2.17. The van der Waals surface area contributed by atoms with E-state index >= 15 is 0 Å². The molecule has 2 rings (SSSR count). The molecule has 202 valence electrons. The molecule has 0 aliphatic heterocycles. The highest BCUT2D eigenvalue weighted by Gasteiger charge is 2.24. The minimum atomic E-state index is -1.14. The van der Waals surface area contributed by atoms with Gasteiger partial charge in [-0.15, -0.1) is 11.3 Å². The molecule has 0 bridgehead atoms. The normalized spacial score (nSPS) is 12.0. The van der Waals surface area contributed by atoms with Crippen LogP contribution in [0.2, 0.25) is 0 Å². The lowest BCUT2D eigenvalue weighted by atomic mass is 10.2. The van der Waals surface area contributed by atoms with E-state index in [1.165, 1.54) is 10.3 Å². The van der Waals surface area contributed by atoms with Gasteiger partial charge < -0.3 is 19.9 Å². The van der Waals surface area contributed by atoms with Gasteiger partial charge in [0.2, 0.25) is 5.96 Å². The number of aromatic nitrogens is 1. The minimum Gasteiger partial charge on any atom is -0.476 e. The number of hydrogen-bond acceptors (Lipinski definition) is 8. The Morgan fingerprint density at radius 1 is 1.08 bits per heavy atom. The summed E-state index contributed by atoms with van der Waals surface area (Å²) >= 11 is 1.14. The molecule has 0 aliphatic rings. The van der Waals surface area contributed by atoms with Crippen molar-refractivity contribution in [2.45, 2.75) is 66.2 Å². The maximum atomic E-state index is 12.9. The number of carboxylic acids is 1. The molecular weight excluding hydrogens is 498 g/mol. The summed E-state index contributed by atoms with van der Waals surface area (Å²) in [6.45, 7) is 12.7. The van der Waals surface area contributed by atoms with E-state index < -0.39 is 29.4 Å². The van der Waals surface area contributed by atoms with Gasteiger partial charge in [0.05, 0.1) is 13.1 Å². The second kappa shape index (κ2) is 12.5. The Morgan fingerprint density at radius 2 is 1.73 bits per heavy atom. The minimum absolute atomic E-state index is 0.0441. The fourth-order valence-electron chi connectivity index (χ4n) is 2.84.